The second-order valence-corrected chi connectivity index (χ2v) is 6.86. The van der Waals surface area contributed by atoms with Gasteiger partial charge in [-0.3, -0.25) is 4.90 Å². The normalized spacial score (nSPS) is 17.2. The van der Waals surface area contributed by atoms with Gasteiger partial charge < -0.3 is 5.32 Å². The number of fused-ring (bicyclic) bond motifs is 1. The molecule has 1 atom stereocenters. The Morgan fingerprint density at radius 2 is 2.10 bits per heavy atom. The molecule has 1 heterocycles. The average molecular weight is 319 g/mol. The molecular weight excluding hydrogens is 304 g/mol. The summed E-state index contributed by atoms with van der Waals surface area (Å²) < 4.78 is 0. The van der Waals surface area contributed by atoms with Gasteiger partial charge in [-0.1, -0.05) is 36.7 Å². The number of nitrogens with one attached hydrogen (secondary N) is 1. The lowest BCUT2D eigenvalue weighted by atomic mass is 10.2. The van der Waals surface area contributed by atoms with Gasteiger partial charge in [0.2, 0.25) is 0 Å². The molecule has 0 radical (unpaired) electrons. The van der Waals surface area contributed by atoms with Gasteiger partial charge in [0.1, 0.15) is 0 Å². The van der Waals surface area contributed by atoms with Crippen LogP contribution in [-0.4, -0.2) is 17.8 Å². The first-order chi connectivity index (χ1) is 10.1. The van der Waals surface area contributed by atoms with Gasteiger partial charge >= 0.3 is 6.03 Å². The number of amides is 2. The van der Waals surface area contributed by atoms with Crippen molar-refractivity contribution in [2.75, 3.05) is 16.8 Å². The van der Waals surface area contributed by atoms with E-state index in [9.17, 15) is 4.79 Å². The van der Waals surface area contributed by atoms with Crippen LogP contribution in [0.2, 0.25) is 5.02 Å². The van der Waals surface area contributed by atoms with Crippen LogP contribution in [0.15, 0.2) is 53.4 Å². The average Bonchev–Trinajstić information content (AvgIpc) is 2.46. The molecule has 5 heteroatoms. The summed E-state index contributed by atoms with van der Waals surface area (Å²) in [6, 6.07) is 15.0. The van der Waals surface area contributed by atoms with Crippen molar-refractivity contribution in [2.45, 2.75) is 17.1 Å². The molecule has 3 rings (SSSR count). The van der Waals surface area contributed by atoms with Crippen LogP contribution < -0.4 is 10.2 Å². The summed E-state index contributed by atoms with van der Waals surface area (Å²) in [5, 5.41) is 3.88. The second-order valence-electron chi connectivity index (χ2n) is 4.95. The molecule has 0 unspecified atom stereocenters. The van der Waals surface area contributed by atoms with E-state index in [2.05, 4.69) is 18.3 Å². The quantitative estimate of drug-likeness (QED) is 0.813. The molecule has 0 fully saturated rings. The maximum absolute atomic E-state index is 12.5. The van der Waals surface area contributed by atoms with Crippen molar-refractivity contribution in [3.63, 3.8) is 0 Å². The van der Waals surface area contributed by atoms with E-state index < -0.39 is 0 Å². The molecule has 3 nitrogen and oxygen atoms in total. The number of anilines is 2. The number of rotatable bonds is 1. The van der Waals surface area contributed by atoms with E-state index in [4.69, 9.17) is 11.6 Å². The lowest BCUT2D eigenvalue weighted by Gasteiger charge is -2.32. The van der Waals surface area contributed by atoms with Crippen LogP contribution >= 0.6 is 23.4 Å². The molecule has 2 amide bonds. The van der Waals surface area contributed by atoms with Crippen molar-refractivity contribution in [2.24, 2.45) is 0 Å². The number of halogens is 1. The van der Waals surface area contributed by atoms with E-state index >= 15 is 0 Å². The molecule has 2 aromatic carbocycles. The lowest BCUT2D eigenvalue weighted by Crippen LogP contribution is -2.41. The molecule has 0 spiro atoms. The van der Waals surface area contributed by atoms with Gasteiger partial charge in [-0.05, 0) is 30.3 Å². The van der Waals surface area contributed by atoms with Gasteiger partial charge in [0.15, 0.2) is 0 Å². The molecule has 0 aliphatic carbocycles. The van der Waals surface area contributed by atoms with Crippen LogP contribution in [0.1, 0.15) is 6.92 Å². The number of para-hydroxylation sites is 1. The molecule has 21 heavy (non-hydrogen) atoms. The number of urea groups is 1. The molecule has 1 aliphatic rings. The number of thioether (sulfide) groups is 1. The van der Waals surface area contributed by atoms with Crippen molar-refractivity contribution in [3.05, 3.63) is 53.6 Å². The zero-order chi connectivity index (χ0) is 14.8. The minimum atomic E-state index is -0.128. The Morgan fingerprint density at radius 1 is 1.29 bits per heavy atom. The monoisotopic (exact) mass is 318 g/mol. The number of hydrogen-bond donors (Lipinski definition) is 1. The second kappa shape index (κ2) is 6.00. The summed E-state index contributed by atoms with van der Waals surface area (Å²) in [6.07, 6.45) is 0. The molecule has 1 N–H and O–H groups in total. The van der Waals surface area contributed by atoms with E-state index in [0.717, 1.165) is 10.6 Å². The molecule has 108 valence electrons. The molecule has 0 saturated heterocycles. The molecule has 0 aromatic heterocycles. The standard InChI is InChI=1S/C16H15ClN2OS/c1-11-10-19(14-7-2-3-8-15(14)21-11)16(20)18-13-6-4-5-12(17)9-13/h2-9,11H,10H2,1H3,(H,18,20)/t11-/m1/s1. The van der Waals surface area contributed by atoms with E-state index in [-0.39, 0.29) is 6.03 Å². The molecule has 1 aliphatic heterocycles. The summed E-state index contributed by atoms with van der Waals surface area (Å²) in [6.45, 7) is 2.81. The van der Waals surface area contributed by atoms with Crippen LogP contribution in [0.25, 0.3) is 0 Å². The van der Waals surface area contributed by atoms with E-state index in [1.165, 1.54) is 0 Å². The third-order valence-corrected chi connectivity index (χ3v) is 4.63. The minimum Gasteiger partial charge on any atom is -0.307 e. The topological polar surface area (TPSA) is 32.3 Å². The van der Waals surface area contributed by atoms with Gasteiger partial charge in [-0.15, -0.1) is 11.8 Å². The third-order valence-electron chi connectivity index (χ3n) is 3.24. The lowest BCUT2D eigenvalue weighted by molar-refractivity contribution is 0.256. The minimum absolute atomic E-state index is 0.128. The van der Waals surface area contributed by atoms with Crippen molar-refractivity contribution < 1.29 is 4.79 Å². The smallest absolute Gasteiger partial charge is 0.307 e. The van der Waals surface area contributed by atoms with Crippen LogP contribution in [-0.2, 0) is 0 Å². The van der Waals surface area contributed by atoms with Crippen LogP contribution in [0, 0.1) is 0 Å². The van der Waals surface area contributed by atoms with E-state index in [1.54, 1.807) is 28.8 Å². The first kappa shape index (κ1) is 14.3. The van der Waals surface area contributed by atoms with Crippen LogP contribution in [0.5, 0.6) is 0 Å². The molecule has 2 aromatic rings. The van der Waals surface area contributed by atoms with Gasteiger partial charge in [0, 0.05) is 27.4 Å². The number of hydrogen-bond acceptors (Lipinski definition) is 2. The van der Waals surface area contributed by atoms with Gasteiger partial charge in [0.25, 0.3) is 0 Å². The Hall–Kier alpha value is -1.65. The third kappa shape index (κ3) is 3.17. The van der Waals surface area contributed by atoms with Crippen molar-refractivity contribution >= 4 is 40.8 Å². The maximum Gasteiger partial charge on any atom is 0.326 e. The van der Waals surface area contributed by atoms with Crippen molar-refractivity contribution in [3.8, 4) is 0 Å². The molecule has 0 bridgehead atoms. The highest BCUT2D eigenvalue weighted by molar-refractivity contribution is 8.00. The molecular formula is C16H15ClN2OS. The fraction of sp³-hybridized carbons (Fsp3) is 0.188. The SMILES string of the molecule is C[C@@H]1CN(C(=O)Nc2cccc(Cl)c2)c2ccccc2S1. The summed E-state index contributed by atoms with van der Waals surface area (Å²) in [5.74, 6) is 0. The van der Waals surface area contributed by atoms with E-state index in [1.807, 2.05) is 30.3 Å². The van der Waals surface area contributed by atoms with Gasteiger partial charge in [-0.2, -0.15) is 0 Å². The Labute approximate surface area is 133 Å². The zero-order valence-electron chi connectivity index (χ0n) is 11.5. The van der Waals surface area contributed by atoms with Crippen molar-refractivity contribution in [1.29, 1.82) is 0 Å². The van der Waals surface area contributed by atoms with Crippen LogP contribution in [0.4, 0.5) is 16.2 Å². The van der Waals surface area contributed by atoms with Crippen molar-refractivity contribution in [1.82, 2.24) is 0 Å². The molecule has 0 saturated carbocycles. The number of carbonyl (C=O) groups excluding carboxylic acids is 1. The predicted octanol–water partition coefficient (Wildman–Crippen LogP) is 4.87. The Bertz CT molecular complexity index is 677. The van der Waals surface area contributed by atoms with Gasteiger partial charge in [0.05, 0.1) is 5.69 Å². The summed E-state index contributed by atoms with van der Waals surface area (Å²) in [4.78, 5) is 15.5. The number of nitrogens with zero attached hydrogens (tertiary/aromatic N) is 1. The van der Waals surface area contributed by atoms with Gasteiger partial charge in [-0.25, -0.2) is 4.79 Å². The first-order valence-corrected chi connectivity index (χ1v) is 7.99. The Balaban J connectivity index is 1.85. The maximum atomic E-state index is 12.5. The fourth-order valence-corrected chi connectivity index (χ4v) is 3.64. The van der Waals surface area contributed by atoms with Crippen LogP contribution in [0.3, 0.4) is 0 Å². The Kier molecular flexibility index (Phi) is 4.08. The summed E-state index contributed by atoms with van der Waals surface area (Å²) >= 11 is 7.75. The largest absolute Gasteiger partial charge is 0.326 e. The first-order valence-electron chi connectivity index (χ1n) is 6.73. The fourth-order valence-electron chi connectivity index (χ4n) is 2.34. The highest BCUT2D eigenvalue weighted by Gasteiger charge is 2.26. The number of carbonyl (C=O) groups is 1. The zero-order valence-corrected chi connectivity index (χ0v) is 13.1. The summed E-state index contributed by atoms with van der Waals surface area (Å²) in [7, 11) is 0. The predicted molar refractivity (Wildman–Crippen MR) is 89.6 cm³/mol. The highest BCUT2D eigenvalue weighted by atomic mass is 35.5. The highest BCUT2D eigenvalue weighted by Crippen LogP contribution is 2.38. The van der Waals surface area contributed by atoms with E-state index in [0.29, 0.717) is 22.5 Å². The number of benzene rings is 2. The Morgan fingerprint density at radius 3 is 2.90 bits per heavy atom. The summed E-state index contributed by atoms with van der Waals surface area (Å²) in [5.41, 5.74) is 1.66.